The van der Waals surface area contributed by atoms with Crippen molar-refractivity contribution in [3.8, 4) is 5.75 Å². The molecule has 0 bridgehead atoms. The molecule has 6 amide bonds. The summed E-state index contributed by atoms with van der Waals surface area (Å²) in [7, 11) is 1.45. The number of benzene rings is 1. The number of carbonyl (C=O) groups excluding carboxylic acids is 6. The van der Waals surface area contributed by atoms with Gasteiger partial charge in [0, 0.05) is 73.9 Å². The van der Waals surface area contributed by atoms with Gasteiger partial charge in [0.2, 0.25) is 17.7 Å². The summed E-state index contributed by atoms with van der Waals surface area (Å²) in [6, 6.07) is 3.93. The average Bonchev–Trinajstić information content (AvgIpc) is 3.77. The Labute approximate surface area is 530 Å². The minimum Gasteiger partial charge on any atom is -0.496 e. The Morgan fingerprint density at radius 2 is 1.10 bits per heavy atom. The van der Waals surface area contributed by atoms with Gasteiger partial charge in [-0.2, -0.15) is 0 Å². The second-order valence-corrected chi connectivity index (χ2v) is 21.1. The highest BCUT2D eigenvalue weighted by Crippen LogP contribution is 2.23. The highest BCUT2D eigenvalue weighted by atomic mass is 32.1. The van der Waals surface area contributed by atoms with Gasteiger partial charge in [-0.15, -0.1) is 11.3 Å². The van der Waals surface area contributed by atoms with Crippen LogP contribution in [0.5, 0.6) is 5.75 Å². The van der Waals surface area contributed by atoms with Crippen LogP contribution in [-0.4, -0.2) is 255 Å². The smallest absolute Gasteiger partial charge is 0.407 e. The number of nitrogens with zero attached hydrogens (tertiary/aromatic N) is 5. The van der Waals surface area contributed by atoms with Gasteiger partial charge in [-0.3, -0.25) is 28.4 Å². The van der Waals surface area contributed by atoms with Crippen LogP contribution in [0.1, 0.15) is 80.1 Å². The summed E-state index contributed by atoms with van der Waals surface area (Å²) in [5, 5.41) is 21.9. The van der Waals surface area contributed by atoms with Crippen LogP contribution in [0, 0.1) is 0 Å². The maximum atomic E-state index is 13.2. The lowest BCUT2D eigenvalue weighted by atomic mass is 10.1. The van der Waals surface area contributed by atoms with Crippen molar-refractivity contribution in [1.82, 2.24) is 36.0 Å². The Morgan fingerprint density at radius 1 is 0.589 bits per heavy atom. The van der Waals surface area contributed by atoms with Gasteiger partial charge < -0.3 is 98.2 Å². The molecule has 3 aromatic rings. The number of amides is 6. The number of carbonyl (C=O) groups is 6. The molecule has 6 N–H and O–H groups in total. The summed E-state index contributed by atoms with van der Waals surface area (Å²) in [6.45, 7) is 15.3. The highest BCUT2D eigenvalue weighted by Gasteiger charge is 2.22. The molecule has 1 atom stereocenters. The number of aromatic nitrogens is 2. The molecule has 0 fully saturated rings. The van der Waals surface area contributed by atoms with E-state index < -0.39 is 29.6 Å². The molecular formula is C58H95N11O20S. The summed E-state index contributed by atoms with van der Waals surface area (Å²) in [5.74, 6) is -1.39. The van der Waals surface area contributed by atoms with Crippen LogP contribution in [0.25, 0.3) is 15.4 Å². The molecular weight excluding hydrogens is 1200 g/mol. The molecule has 0 aliphatic rings. The monoisotopic (exact) mass is 1300 g/mol. The van der Waals surface area contributed by atoms with Crippen molar-refractivity contribution < 1.29 is 95.1 Å². The van der Waals surface area contributed by atoms with E-state index >= 15 is 0 Å². The molecule has 3 rings (SSSR count). The Bertz CT molecular complexity index is 2450. The van der Waals surface area contributed by atoms with Gasteiger partial charge in [0.15, 0.2) is 4.96 Å². The van der Waals surface area contributed by atoms with Crippen LogP contribution in [0.2, 0.25) is 0 Å². The van der Waals surface area contributed by atoms with Crippen molar-refractivity contribution in [2.45, 2.75) is 70.9 Å². The number of imidazole rings is 1. The Kier molecular flexibility index (Phi) is 44.4. The minimum absolute atomic E-state index is 0.0373. The normalized spacial score (nSPS) is 11.6. The predicted molar refractivity (Wildman–Crippen MR) is 330 cm³/mol. The first-order chi connectivity index (χ1) is 43.8. The van der Waals surface area contributed by atoms with Gasteiger partial charge in [0.1, 0.15) is 23.1 Å². The van der Waals surface area contributed by atoms with E-state index in [9.17, 15) is 28.8 Å². The van der Waals surface area contributed by atoms with E-state index in [0.29, 0.717) is 194 Å². The van der Waals surface area contributed by atoms with Gasteiger partial charge in [-0.05, 0) is 70.2 Å². The van der Waals surface area contributed by atoms with Crippen molar-refractivity contribution >= 4 is 57.6 Å². The molecule has 2 aromatic heterocycles. The van der Waals surface area contributed by atoms with E-state index in [1.807, 2.05) is 11.6 Å². The van der Waals surface area contributed by atoms with Crippen molar-refractivity contribution in [3.63, 3.8) is 0 Å². The Morgan fingerprint density at radius 3 is 1.62 bits per heavy atom. The van der Waals surface area contributed by atoms with Gasteiger partial charge in [-0.25, -0.2) is 9.78 Å². The third-order valence-corrected chi connectivity index (χ3v) is 12.6. The first-order valence-corrected chi connectivity index (χ1v) is 31.1. The average molecular weight is 1300 g/mol. The molecule has 0 radical (unpaired) electrons. The van der Waals surface area contributed by atoms with Gasteiger partial charge in [0.25, 0.3) is 11.8 Å². The lowest BCUT2D eigenvalue weighted by molar-refractivity contribution is -0.130. The quantitative estimate of drug-likeness (QED) is 0.0204. The molecule has 0 aliphatic carbocycles. The number of anilines is 1. The summed E-state index contributed by atoms with van der Waals surface area (Å²) in [4.78, 5) is 83.9. The maximum absolute atomic E-state index is 13.2. The topological polar surface area (TPSA) is 370 Å². The van der Waals surface area contributed by atoms with E-state index in [0.717, 1.165) is 0 Å². The second-order valence-electron chi connectivity index (χ2n) is 20.2. The summed E-state index contributed by atoms with van der Waals surface area (Å²) < 4.78 is 78.3. The number of hydrogen-bond acceptors (Lipinski definition) is 23. The van der Waals surface area contributed by atoms with E-state index in [-0.39, 0.29) is 81.3 Å². The largest absolute Gasteiger partial charge is 0.496 e. The van der Waals surface area contributed by atoms with Crippen LogP contribution in [0.3, 0.4) is 0 Å². The van der Waals surface area contributed by atoms with Gasteiger partial charge in [-0.1, -0.05) is 5.11 Å². The zero-order chi connectivity index (χ0) is 65.0. The number of alkyl carbamates (subject to hydrolysis) is 1. The van der Waals surface area contributed by atoms with Crippen LogP contribution in [0.4, 0.5) is 10.5 Å². The molecule has 1 aromatic carbocycles. The third-order valence-electron chi connectivity index (χ3n) is 11.8. The van der Waals surface area contributed by atoms with Crippen molar-refractivity contribution in [2.24, 2.45) is 5.11 Å². The van der Waals surface area contributed by atoms with Gasteiger partial charge in [0.05, 0.1) is 171 Å². The second kappa shape index (κ2) is 51.3. The molecule has 0 spiro atoms. The fraction of sp³-hybridized carbons (Fsp3) is 0.707. The highest BCUT2D eigenvalue weighted by molar-refractivity contribution is 7.15. The molecule has 0 saturated carbocycles. The number of fused-ring (bicyclic) bond motifs is 1. The molecule has 90 heavy (non-hydrogen) atoms. The number of hydrogen-bond donors (Lipinski definition) is 6. The number of unbranched alkanes of at least 4 members (excludes halogenated alkanes) is 1. The lowest BCUT2D eigenvalue weighted by Gasteiger charge is -2.20. The zero-order valence-electron chi connectivity index (χ0n) is 52.6. The van der Waals surface area contributed by atoms with Crippen LogP contribution < -0.4 is 36.6 Å². The number of azide groups is 1. The summed E-state index contributed by atoms with van der Waals surface area (Å²) in [6.07, 6.45) is 4.97. The predicted octanol–water partition coefficient (Wildman–Crippen LogP) is 3.48. The van der Waals surface area contributed by atoms with E-state index in [2.05, 4.69) is 46.9 Å². The fourth-order valence-electron chi connectivity index (χ4n) is 7.49. The molecule has 31 nitrogen and oxygen atoms in total. The minimum atomic E-state index is -0.814. The summed E-state index contributed by atoms with van der Waals surface area (Å²) in [5.41, 5.74) is 8.45. The number of ether oxygens (including phenoxy) is 14. The molecule has 508 valence electrons. The van der Waals surface area contributed by atoms with E-state index in [1.165, 1.54) is 24.5 Å². The molecule has 0 aliphatic heterocycles. The molecule has 2 heterocycles. The van der Waals surface area contributed by atoms with Crippen LogP contribution >= 0.6 is 11.3 Å². The van der Waals surface area contributed by atoms with Crippen molar-refractivity contribution in [2.75, 3.05) is 204 Å². The molecule has 32 heteroatoms. The fourth-order valence-corrected chi connectivity index (χ4v) is 8.19. The number of rotatable bonds is 57. The third kappa shape index (κ3) is 40.4. The molecule has 0 saturated heterocycles. The van der Waals surface area contributed by atoms with E-state index in [1.54, 1.807) is 43.5 Å². The standard InChI is InChI=1S/C58H95N11O20S/c1-58(2,3)89-57(75)63-13-6-5-8-48(66-52(71)12-19-77-23-27-81-31-35-85-37-39-87-41-42-88-40-38-86-36-34-84-30-26-80-22-17-64-68-59)54(73)62-16-21-79-25-29-83-33-32-82-28-24-78-20-15-60-51(70)9-7-14-61-53(72)47-44-46(10-11-50(47)76-4)65-55(74)49-45-69-18-43-90-56(69)67-49/h10-11,18,43-45,48H,5-9,12-17,19-42H2,1-4H3,(H,60,70)(H,61,72)(H,62,73)(H,63,75)(H,65,74)(H,66,71)/t48-/m1/s1. The number of methoxy groups -OCH3 is 1. The summed E-state index contributed by atoms with van der Waals surface area (Å²) >= 11 is 1.41. The molecule has 0 unspecified atom stereocenters. The first kappa shape index (κ1) is 77.9. The maximum Gasteiger partial charge on any atom is 0.407 e. The number of nitrogens with one attached hydrogen (secondary N) is 6. The number of thiazole rings is 1. The van der Waals surface area contributed by atoms with E-state index in [4.69, 9.17) is 71.8 Å². The van der Waals surface area contributed by atoms with Crippen LogP contribution in [0.15, 0.2) is 41.1 Å². The van der Waals surface area contributed by atoms with Crippen molar-refractivity contribution in [3.05, 3.63) is 57.7 Å². The zero-order valence-corrected chi connectivity index (χ0v) is 53.4. The Hall–Kier alpha value is -6.36. The lowest BCUT2D eigenvalue weighted by Crippen LogP contribution is -2.47. The Balaban J connectivity index is 1.13. The van der Waals surface area contributed by atoms with Crippen molar-refractivity contribution in [1.29, 1.82) is 0 Å². The van der Waals surface area contributed by atoms with Crippen LogP contribution in [-0.2, 0) is 76.0 Å². The SMILES string of the molecule is COc1ccc(NC(=O)c2cn3ccsc3n2)cc1C(=O)NCCCC(=O)NCCOCCOCCOCCOCCNC(=O)[C@@H](CCCCNC(=O)OC(C)(C)C)NC(=O)CCOCCOCCOCCOCCOCCOCCOCCOCCN=[N+]=[N-]. The van der Waals surface area contributed by atoms with Gasteiger partial charge >= 0.3 is 6.09 Å². The first-order valence-electron chi connectivity index (χ1n) is 30.2.